The monoisotopic (exact) mass is 440 g/mol. The van der Waals surface area contributed by atoms with Crippen molar-refractivity contribution >= 4 is 17.0 Å². The molecule has 3 heterocycles. The minimum atomic E-state index is -0.348. The van der Waals surface area contributed by atoms with Crippen molar-refractivity contribution in [2.24, 2.45) is 0 Å². The van der Waals surface area contributed by atoms with E-state index in [9.17, 15) is 9.59 Å². The Hall–Kier alpha value is -3.01. The molecular weight excluding hydrogens is 412 g/mol. The summed E-state index contributed by atoms with van der Waals surface area (Å²) < 4.78 is 17.6. The van der Waals surface area contributed by atoms with E-state index in [0.29, 0.717) is 38.7 Å². The number of hydrogen-bond donors (Lipinski definition) is 1. The van der Waals surface area contributed by atoms with Gasteiger partial charge in [0.25, 0.3) is 11.5 Å². The van der Waals surface area contributed by atoms with Crippen molar-refractivity contribution in [2.75, 3.05) is 46.6 Å². The normalized spacial score (nSPS) is 15.7. The fourth-order valence-electron chi connectivity index (χ4n) is 4.06. The van der Waals surface area contributed by atoms with Gasteiger partial charge in [-0.2, -0.15) is 0 Å². The summed E-state index contributed by atoms with van der Waals surface area (Å²) in [5.41, 5.74) is 1.20. The highest BCUT2D eigenvalue weighted by molar-refractivity contribution is 6.06. The quantitative estimate of drug-likeness (QED) is 0.570. The molecule has 3 aromatic rings. The number of carbonyl (C=O) groups excluding carboxylic acids is 1. The number of methoxy groups -OCH3 is 1. The zero-order chi connectivity index (χ0) is 22.5. The van der Waals surface area contributed by atoms with E-state index in [1.54, 1.807) is 14.0 Å². The molecule has 1 amide bonds. The number of amides is 1. The van der Waals surface area contributed by atoms with Crippen LogP contribution >= 0.6 is 0 Å². The second-order valence-corrected chi connectivity index (χ2v) is 7.73. The van der Waals surface area contributed by atoms with Crippen LogP contribution in [0.5, 0.6) is 0 Å². The maximum absolute atomic E-state index is 13.2. The molecule has 9 heteroatoms. The van der Waals surface area contributed by atoms with Crippen molar-refractivity contribution in [2.45, 2.75) is 19.5 Å². The van der Waals surface area contributed by atoms with Gasteiger partial charge < -0.3 is 19.2 Å². The summed E-state index contributed by atoms with van der Waals surface area (Å²) in [6.07, 6.45) is 1.41. The van der Waals surface area contributed by atoms with Crippen molar-refractivity contribution in [1.29, 1.82) is 0 Å². The van der Waals surface area contributed by atoms with E-state index < -0.39 is 0 Å². The van der Waals surface area contributed by atoms with E-state index in [0.717, 1.165) is 18.7 Å². The lowest BCUT2D eigenvalue weighted by molar-refractivity contribution is 0.0162. The summed E-state index contributed by atoms with van der Waals surface area (Å²) in [5.74, 6) is 0.0213. The summed E-state index contributed by atoms with van der Waals surface area (Å²) in [4.78, 5) is 32.7. The van der Waals surface area contributed by atoms with Gasteiger partial charge in [0, 0.05) is 26.7 Å². The van der Waals surface area contributed by atoms with Gasteiger partial charge in [0.15, 0.2) is 0 Å². The first kappa shape index (κ1) is 22.2. The molecule has 0 aliphatic carbocycles. The largest absolute Gasteiger partial charge is 0.442 e. The van der Waals surface area contributed by atoms with Crippen LogP contribution in [0.15, 0.2) is 45.9 Å². The smallest absolute Gasteiger partial charge is 0.265 e. The third kappa shape index (κ3) is 4.59. The third-order valence-electron chi connectivity index (χ3n) is 5.74. The molecule has 1 aliphatic heterocycles. The van der Waals surface area contributed by atoms with Crippen LogP contribution in [0, 0.1) is 6.92 Å². The van der Waals surface area contributed by atoms with Gasteiger partial charge in [-0.05, 0) is 12.5 Å². The number of rotatable bonds is 8. The van der Waals surface area contributed by atoms with E-state index in [4.69, 9.17) is 13.9 Å². The summed E-state index contributed by atoms with van der Waals surface area (Å²) in [6.45, 7) is 5.68. The average Bonchev–Trinajstić information content (AvgIpc) is 3.17. The van der Waals surface area contributed by atoms with E-state index in [-0.39, 0.29) is 34.2 Å². The Labute approximate surface area is 185 Å². The van der Waals surface area contributed by atoms with Gasteiger partial charge in [-0.1, -0.05) is 30.3 Å². The number of aryl methyl sites for hydroxylation is 1. The van der Waals surface area contributed by atoms with Crippen LogP contribution < -0.4 is 10.9 Å². The maximum atomic E-state index is 13.2. The number of morpholine rings is 1. The first-order valence-electron chi connectivity index (χ1n) is 10.7. The molecule has 1 atom stereocenters. The number of hydrogen-bond acceptors (Lipinski definition) is 7. The molecule has 1 saturated heterocycles. The molecule has 2 aromatic heterocycles. The second-order valence-electron chi connectivity index (χ2n) is 7.73. The molecule has 0 bridgehead atoms. The van der Waals surface area contributed by atoms with E-state index in [1.807, 2.05) is 18.2 Å². The van der Waals surface area contributed by atoms with Crippen LogP contribution in [0.1, 0.15) is 27.7 Å². The van der Waals surface area contributed by atoms with Crippen LogP contribution in [0.25, 0.3) is 11.1 Å². The van der Waals surface area contributed by atoms with Crippen LogP contribution in [-0.2, 0) is 16.0 Å². The number of aromatic nitrogens is 2. The summed E-state index contributed by atoms with van der Waals surface area (Å²) >= 11 is 0. The lowest BCUT2D eigenvalue weighted by Crippen LogP contribution is -2.44. The molecule has 4 rings (SSSR count). The number of ether oxygens (including phenoxy) is 2. The van der Waals surface area contributed by atoms with Crippen molar-refractivity contribution in [3.8, 4) is 0 Å². The Kier molecular flexibility index (Phi) is 6.99. The van der Waals surface area contributed by atoms with E-state index >= 15 is 0 Å². The minimum absolute atomic E-state index is 0.000919. The molecule has 1 aromatic carbocycles. The number of nitrogens with zero attached hydrogens (tertiary/aromatic N) is 3. The minimum Gasteiger partial charge on any atom is -0.442 e. The average molecular weight is 441 g/mol. The van der Waals surface area contributed by atoms with Gasteiger partial charge in [-0.15, -0.1) is 0 Å². The first-order chi connectivity index (χ1) is 15.6. The molecule has 1 N–H and O–H groups in total. The Balaban J connectivity index is 1.59. The van der Waals surface area contributed by atoms with Crippen LogP contribution in [0.3, 0.4) is 0 Å². The Morgan fingerprint density at radius 2 is 2.00 bits per heavy atom. The molecule has 1 unspecified atom stereocenters. The number of nitrogens with one attached hydrogen (secondary N) is 1. The van der Waals surface area contributed by atoms with Gasteiger partial charge in [0.2, 0.25) is 5.71 Å². The highest BCUT2D eigenvalue weighted by Gasteiger charge is 2.26. The SMILES string of the molecule is COCCn1cnc2oc(C)c(C(=O)NCC(c3ccccc3)N3CCOCC3)c2c1=O. The maximum Gasteiger partial charge on any atom is 0.265 e. The topological polar surface area (TPSA) is 98.8 Å². The molecule has 170 valence electrons. The van der Waals surface area contributed by atoms with Crippen molar-refractivity contribution in [3.05, 3.63) is 63.9 Å². The lowest BCUT2D eigenvalue weighted by atomic mass is 10.0. The Bertz CT molecular complexity index is 1120. The lowest BCUT2D eigenvalue weighted by Gasteiger charge is -2.34. The summed E-state index contributed by atoms with van der Waals surface area (Å²) in [6, 6.07) is 10.1. The highest BCUT2D eigenvalue weighted by atomic mass is 16.5. The Morgan fingerprint density at radius 3 is 2.72 bits per heavy atom. The molecule has 32 heavy (non-hydrogen) atoms. The molecule has 0 spiro atoms. The van der Waals surface area contributed by atoms with Crippen LogP contribution in [0.4, 0.5) is 0 Å². The van der Waals surface area contributed by atoms with Crippen molar-refractivity contribution < 1.29 is 18.7 Å². The Morgan fingerprint density at radius 1 is 1.25 bits per heavy atom. The fraction of sp³-hybridized carbons (Fsp3) is 0.435. The zero-order valence-electron chi connectivity index (χ0n) is 18.4. The standard InChI is InChI=1S/C23H28N4O5/c1-16-19(20-22(32-16)25-15-27(23(20)29)8-11-30-2)21(28)24-14-18(17-6-4-3-5-7-17)26-9-12-31-13-10-26/h3-7,15,18H,8-14H2,1-2H3,(H,24,28). The number of benzene rings is 1. The van der Waals surface area contributed by atoms with Gasteiger partial charge in [-0.25, -0.2) is 4.98 Å². The predicted molar refractivity (Wildman–Crippen MR) is 119 cm³/mol. The summed E-state index contributed by atoms with van der Waals surface area (Å²) in [7, 11) is 1.56. The van der Waals surface area contributed by atoms with Crippen LogP contribution in [0.2, 0.25) is 0 Å². The zero-order valence-corrected chi connectivity index (χ0v) is 18.4. The number of fused-ring (bicyclic) bond motifs is 1. The molecule has 1 aliphatic rings. The van der Waals surface area contributed by atoms with Gasteiger partial charge >= 0.3 is 0 Å². The van der Waals surface area contributed by atoms with Crippen LogP contribution in [-0.4, -0.2) is 66.9 Å². The number of furan rings is 1. The third-order valence-corrected chi connectivity index (χ3v) is 5.74. The second kappa shape index (κ2) is 10.1. The molecule has 0 saturated carbocycles. The molecule has 1 fully saturated rings. The number of carbonyl (C=O) groups is 1. The van der Waals surface area contributed by atoms with Crippen molar-refractivity contribution in [3.63, 3.8) is 0 Å². The fourth-order valence-corrected chi connectivity index (χ4v) is 4.06. The predicted octanol–water partition coefficient (Wildman–Crippen LogP) is 1.75. The molecule has 0 radical (unpaired) electrons. The van der Waals surface area contributed by atoms with Gasteiger partial charge in [-0.3, -0.25) is 19.1 Å². The van der Waals surface area contributed by atoms with E-state index in [1.165, 1.54) is 10.9 Å². The first-order valence-corrected chi connectivity index (χ1v) is 10.7. The highest BCUT2D eigenvalue weighted by Crippen LogP contribution is 2.23. The summed E-state index contributed by atoms with van der Waals surface area (Å²) in [5, 5.41) is 3.22. The molecular formula is C23H28N4O5. The van der Waals surface area contributed by atoms with Gasteiger partial charge in [0.1, 0.15) is 17.5 Å². The van der Waals surface area contributed by atoms with Gasteiger partial charge in [0.05, 0.1) is 38.0 Å². The van der Waals surface area contributed by atoms with E-state index in [2.05, 4.69) is 27.3 Å². The van der Waals surface area contributed by atoms with Crippen molar-refractivity contribution in [1.82, 2.24) is 19.8 Å². The molecule has 9 nitrogen and oxygen atoms in total.